The second kappa shape index (κ2) is 20.1. The number of hydrogen-bond donors (Lipinski definition) is 0. The highest BCUT2D eigenvalue weighted by Crippen LogP contribution is 2.37. The summed E-state index contributed by atoms with van der Waals surface area (Å²) in [5.41, 5.74) is 1.90. The van der Waals surface area contributed by atoms with Gasteiger partial charge in [-0.15, -0.1) is 0 Å². The van der Waals surface area contributed by atoms with Gasteiger partial charge >= 0.3 is 0 Å². The molecule has 4 heterocycles. The summed E-state index contributed by atoms with van der Waals surface area (Å²) in [6, 6.07) is 8.44. The van der Waals surface area contributed by atoms with Crippen molar-refractivity contribution in [3.05, 3.63) is 60.2 Å². The molecule has 41 heavy (non-hydrogen) atoms. The van der Waals surface area contributed by atoms with Crippen LogP contribution in [0.15, 0.2) is 49.1 Å². The lowest BCUT2D eigenvalue weighted by atomic mass is 9.90. The van der Waals surface area contributed by atoms with Crippen LogP contribution in [0.5, 0.6) is 0 Å². The molecule has 4 rings (SSSR count). The Kier molecular flexibility index (Phi) is 17.8. The molecule has 0 radical (unpaired) electrons. The first-order chi connectivity index (χ1) is 19.2. The lowest BCUT2D eigenvalue weighted by Gasteiger charge is -2.43. The van der Waals surface area contributed by atoms with Crippen LogP contribution in [0.3, 0.4) is 0 Å². The van der Waals surface area contributed by atoms with Crippen molar-refractivity contribution in [1.29, 1.82) is 0 Å². The molecule has 0 atom stereocenters. The normalized spacial score (nSPS) is 22.2. The van der Waals surface area contributed by atoms with Crippen molar-refractivity contribution in [3.63, 3.8) is 0 Å². The monoisotopic (exact) mass is 698 g/mol. The van der Waals surface area contributed by atoms with E-state index in [2.05, 4.69) is 72.0 Å². The van der Waals surface area contributed by atoms with Crippen molar-refractivity contribution in [2.75, 3.05) is 26.4 Å². The van der Waals surface area contributed by atoms with Crippen LogP contribution in [-0.2, 0) is 32.0 Å². The molecule has 1 spiro atoms. The average Bonchev–Trinajstić information content (AvgIpc) is 2.98. The lowest BCUT2D eigenvalue weighted by molar-refractivity contribution is -0.698. The largest absolute Gasteiger partial charge is 1.00 e. The molecule has 0 amide bonds. The van der Waals surface area contributed by atoms with Gasteiger partial charge in [0.2, 0.25) is 0 Å². The third-order valence-corrected chi connectivity index (χ3v) is 8.05. The molecule has 0 N–H and O–H groups in total. The lowest BCUT2D eigenvalue weighted by Crippen LogP contribution is -3.00. The molecule has 2 aromatic rings. The maximum Gasteiger partial charge on any atom is 0.189 e. The Balaban J connectivity index is 0.00000294. The van der Waals surface area contributed by atoms with Gasteiger partial charge in [-0.05, 0) is 18.9 Å². The maximum absolute atomic E-state index is 6.21. The zero-order chi connectivity index (χ0) is 27.2. The number of unbranched alkanes of at least 4 members (excludes halogenated alkanes) is 10. The second-order valence-electron chi connectivity index (χ2n) is 11.7. The molecule has 0 aromatic carbocycles. The number of aryl methyl sites for hydroxylation is 2. The molecule has 6 nitrogen and oxygen atoms in total. The summed E-state index contributed by atoms with van der Waals surface area (Å²) < 4.78 is 29.3. The topological polar surface area (TPSA) is 44.7 Å². The minimum absolute atomic E-state index is 0. The smallest absolute Gasteiger partial charge is 0.189 e. The fraction of sp³-hybridized carbons (Fsp3) is 0.697. The van der Waals surface area contributed by atoms with Gasteiger partial charge in [0.1, 0.15) is 13.1 Å². The molecule has 0 bridgehead atoms. The number of nitrogens with zero attached hydrogens (tertiary/aromatic N) is 2. The van der Waals surface area contributed by atoms with Gasteiger partial charge < -0.3 is 52.9 Å². The number of ether oxygens (including phenoxy) is 4. The van der Waals surface area contributed by atoms with Gasteiger partial charge in [-0.1, -0.05) is 65.2 Å². The van der Waals surface area contributed by atoms with E-state index in [1.165, 1.54) is 77.0 Å². The highest BCUT2D eigenvalue weighted by atomic mass is 79.9. The van der Waals surface area contributed by atoms with E-state index in [-0.39, 0.29) is 52.0 Å². The van der Waals surface area contributed by atoms with Gasteiger partial charge in [-0.3, -0.25) is 0 Å². The van der Waals surface area contributed by atoms with E-state index >= 15 is 0 Å². The molecule has 2 aliphatic rings. The van der Waals surface area contributed by atoms with Crippen LogP contribution in [-0.4, -0.2) is 26.4 Å². The number of rotatable bonds is 16. The highest BCUT2D eigenvalue weighted by Gasteiger charge is 2.43. The molecule has 8 heteroatoms. The molecule has 2 aliphatic heterocycles. The summed E-state index contributed by atoms with van der Waals surface area (Å²) in [4.78, 5) is 0. The summed E-state index contributed by atoms with van der Waals surface area (Å²) in [6.45, 7) is 8.93. The van der Waals surface area contributed by atoms with E-state index in [1.54, 1.807) is 0 Å². The fourth-order valence-corrected chi connectivity index (χ4v) is 5.49. The Morgan fingerprint density at radius 3 is 1.59 bits per heavy atom. The molecule has 232 valence electrons. The fourth-order valence-electron chi connectivity index (χ4n) is 5.49. The van der Waals surface area contributed by atoms with Crippen LogP contribution in [0.1, 0.15) is 115 Å². The summed E-state index contributed by atoms with van der Waals surface area (Å²) >= 11 is 0. The Hall–Kier alpha value is -0.900. The van der Waals surface area contributed by atoms with Gasteiger partial charge in [0, 0.05) is 36.6 Å². The van der Waals surface area contributed by atoms with Gasteiger partial charge in [0.25, 0.3) is 0 Å². The molecule has 0 saturated carbocycles. The van der Waals surface area contributed by atoms with E-state index in [1.807, 2.05) is 0 Å². The Morgan fingerprint density at radius 2 is 1.05 bits per heavy atom. The first-order valence-corrected chi connectivity index (χ1v) is 15.7. The van der Waals surface area contributed by atoms with Gasteiger partial charge in [-0.25, -0.2) is 9.13 Å². The number of pyridine rings is 2. The quantitative estimate of drug-likeness (QED) is 0.192. The molecule has 2 aromatic heterocycles. The number of hydrogen-bond acceptors (Lipinski definition) is 4. The highest BCUT2D eigenvalue weighted by molar-refractivity contribution is 5.10. The van der Waals surface area contributed by atoms with E-state index in [4.69, 9.17) is 18.9 Å². The first kappa shape index (κ1) is 36.3. The second-order valence-corrected chi connectivity index (χ2v) is 11.7. The van der Waals surface area contributed by atoms with Crippen LogP contribution in [0, 0.1) is 5.41 Å². The van der Waals surface area contributed by atoms with E-state index in [9.17, 15) is 0 Å². The summed E-state index contributed by atoms with van der Waals surface area (Å²) in [6.07, 6.45) is 23.7. The molecular formula is C33H52Br2N2O4. The van der Waals surface area contributed by atoms with E-state index in [0.29, 0.717) is 26.4 Å². The van der Waals surface area contributed by atoms with Crippen molar-refractivity contribution in [3.8, 4) is 0 Å². The van der Waals surface area contributed by atoms with Crippen molar-refractivity contribution in [2.24, 2.45) is 5.41 Å². The van der Waals surface area contributed by atoms with Crippen LogP contribution >= 0.6 is 0 Å². The molecular weight excluding hydrogens is 648 g/mol. The van der Waals surface area contributed by atoms with Crippen LogP contribution in [0.4, 0.5) is 0 Å². The minimum atomic E-state index is -0.332. The minimum Gasteiger partial charge on any atom is -1.00 e. The Bertz CT molecular complexity index is 945. The van der Waals surface area contributed by atoms with Crippen LogP contribution in [0.25, 0.3) is 0 Å². The summed E-state index contributed by atoms with van der Waals surface area (Å²) in [7, 11) is 0. The Morgan fingerprint density at radius 1 is 0.585 bits per heavy atom. The van der Waals surface area contributed by atoms with Crippen molar-refractivity contribution in [2.45, 2.75) is 117 Å². The standard InChI is InChI=1S/C33H52N2O4.2BrH/c1-3-5-7-9-11-13-19-34-22-17-29(18-23-34)31-36-25-33(26-37-31)27-38-32(39-28-33)30-16-15-21-35(24-30)20-14-12-10-8-6-4-2;;/h15-18,21-24,31-32H,3-14,19-20,25-28H2,1-2H3;2*1H/q+2;;/p-2. The summed E-state index contributed by atoms with van der Waals surface area (Å²) in [5.74, 6) is 0. The van der Waals surface area contributed by atoms with Crippen molar-refractivity contribution < 1.29 is 62.0 Å². The van der Waals surface area contributed by atoms with Gasteiger partial charge in [-0.2, -0.15) is 0 Å². The predicted molar refractivity (Wildman–Crippen MR) is 152 cm³/mol. The zero-order valence-electron chi connectivity index (χ0n) is 25.3. The summed E-state index contributed by atoms with van der Waals surface area (Å²) in [5, 5.41) is 0. The first-order valence-electron chi connectivity index (χ1n) is 15.7. The third kappa shape index (κ3) is 12.0. The molecule has 0 unspecified atom stereocenters. The zero-order valence-corrected chi connectivity index (χ0v) is 28.5. The SMILES string of the molecule is CCCCCCCC[n+]1ccc(C2OCC3(CO2)COC(c2ccc[n+](CCCCCCCC)c2)OC3)cc1.[Br-].[Br-]. The maximum atomic E-state index is 6.21. The van der Waals surface area contributed by atoms with Crippen molar-refractivity contribution >= 4 is 0 Å². The third-order valence-electron chi connectivity index (χ3n) is 8.05. The molecule has 2 saturated heterocycles. The van der Waals surface area contributed by atoms with Crippen LogP contribution < -0.4 is 43.1 Å². The van der Waals surface area contributed by atoms with Gasteiger partial charge in [0.15, 0.2) is 37.4 Å². The van der Waals surface area contributed by atoms with Crippen molar-refractivity contribution in [1.82, 2.24) is 0 Å². The van der Waals surface area contributed by atoms with E-state index in [0.717, 1.165) is 24.2 Å². The number of halogens is 2. The van der Waals surface area contributed by atoms with E-state index < -0.39 is 0 Å². The van der Waals surface area contributed by atoms with Gasteiger partial charge in [0.05, 0.1) is 37.4 Å². The van der Waals surface area contributed by atoms with Crippen LogP contribution in [0.2, 0.25) is 0 Å². The molecule has 2 fully saturated rings. The number of aromatic nitrogens is 2. The molecule has 0 aliphatic carbocycles. The Labute approximate surface area is 269 Å². The average molecular weight is 701 g/mol. The predicted octanol–water partition coefficient (Wildman–Crippen LogP) is 0.768.